The molecule has 3 aromatic carbocycles. The third kappa shape index (κ3) is 3.79. The summed E-state index contributed by atoms with van der Waals surface area (Å²) in [5.74, 6) is -1.92. The van der Waals surface area contributed by atoms with Crippen LogP contribution in [0.1, 0.15) is 36.1 Å². The molecular weight excluding hydrogens is 413 g/mol. The zero-order valence-electron chi connectivity index (χ0n) is 17.8. The Morgan fingerprint density at radius 2 is 1.25 bits per heavy atom. The molecule has 1 aliphatic rings. The van der Waals surface area contributed by atoms with Crippen molar-refractivity contribution < 1.29 is 22.4 Å². The fourth-order valence-corrected chi connectivity index (χ4v) is 4.99. The molecule has 0 radical (unpaired) electrons. The molecule has 0 saturated carbocycles. The smallest absolute Gasteiger partial charge is 0.293 e. The van der Waals surface area contributed by atoms with Gasteiger partial charge in [-0.25, -0.2) is 0 Å². The molecule has 3 aromatic rings. The highest BCUT2D eigenvalue weighted by Crippen LogP contribution is 2.50. The molecule has 32 heavy (non-hydrogen) atoms. The first-order valence-electron chi connectivity index (χ1n) is 10.7. The summed E-state index contributed by atoms with van der Waals surface area (Å²) in [6, 6.07) is 28.4. The minimum Gasteiger partial charge on any atom is -0.293 e. The van der Waals surface area contributed by atoms with Crippen molar-refractivity contribution in [2.45, 2.75) is 31.2 Å². The number of quaternary nitrogens is 1. The lowest BCUT2D eigenvalue weighted by molar-refractivity contribution is -1.04. The van der Waals surface area contributed by atoms with Crippen LogP contribution in [0.2, 0.25) is 0 Å². The Balaban J connectivity index is 1.93. The van der Waals surface area contributed by atoms with Gasteiger partial charge in [0, 0.05) is 30.0 Å². The molecule has 1 saturated heterocycles. The zero-order chi connectivity index (χ0) is 22.8. The largest absolute Gasteiger partial charge is 0.471 e. The highest BCUT2D eigenvalue weighted by atomic mass is 19.4. The normalized spacial score (nSPS) is 17.3. The Bertz CT molecular complexity index is 1010. The third-order valence-corrected chi connectivity index (χ3v) is 6.68. The zero-order valence-corrected chi connectivity index (χ0v) is 17.8. The number of carbonyl (C=O) groups excluding carboxylic acids is 1. The number of nitrogens with zero attached hydrogens (tertiary/aromatic N) is 1. The van der Waals surface area contributed by atoms with E-state index in [-0.39, 0.29) is 10.5 Å². The van der Waals surface area contributed by atoms with E-state index in [1.165, 1.54) is 0 Å². The van der Waals surface area contributed by atoms with E-state index >= 15 is 0 Å². The summed E-state index contributed by atoms with van der Waals surface area (Å²) in [6.07, 6.45) is -4.11. The van der Waals surface area contributed by atoms with Gasteiger partial charge in [0.05, 0.1) is 13.1 Å². The highest BCUT2D eigenvalue weighted by Gasteiger charge is 2.60. The predicted molar refractivity (Wildman–Crippen MR) is 117 cm³/mol. The molecule has 6 heteroatoms. The Morgan fingerprint density at radius 3 is 1.62 bits per heavy atom. The van der Waals surface area contributed by atoms with Gasteiger partial charge in [-0.3, -0.25) is 14.6 Å². The molecular formula is C26H26F3N2O+. The number of carbonyl (C=O) groups is 1. The standard InChI is InChI=1S/C26H25F3N2O/c1-25(22-16-9-4-10-17-22,30-24(32)26(27,28)29)31(18-11-19-31)23(20-12-5-2-6-13-20)21-14-7-3-8-15-21/h2-10,12-17,23H,11,18-19H2,1H3/p+1. The molecule has 1 fully saturated rings. The molecule has 166 valence electrons. The van der Waals surface area contributed by atoms with Gasteiger partial charge in [0.15, 0.2) is 5.66 Å². The molecule has 0 aliphatic carbocycles. The van der Waals surface area contributed by atoms with Crippen molar-refractivity contribution in [1.82, 2.24) is 5.32 Å². The van der Waals surface area contributed by atoms with Crippen LogP contribution in [0.25, 0.3) is 0 Å². The van der Waals surface area contributed by atoms with Crippen LogP contribution in [0.15, 0.2) is 91.0 Å². The van der Waals surface area contributed by atoms with Crippen molar-refractivity contribution in [3.8, 4) is 0 Å². The second-order valence-electron chi connectivity index (χ2n) is 8.45. The number of alkyl halides is 3. The number of rotatable bonds is 6. The van der Waals surface area contributed by atoms with Crippen molar-refractivity contribution in [1.29, 1.82) is 0 Å². The Hall–Kier alpha value is -3.12. The summed E-state index contributed by atoms with van der Waals surface area (Å²) < 4.78 is 40.6. The number of hydrogen-bond acceptors (Lipinski definition) is 1. The van der Waals surface area contributed by atoms with Gasteiger partial charge in [0.2, 0.25) is 0 Å². The fraction of sp³-hybridized carbons (Fsp3) is 0.269. The second kappa shape index (κ2) is 8.43. The van der Waals surface area contributed by atoms with E-state index in [1.54, 1.807) is 31.2 Å². The third-order valence-electron chi connectivity index (χ3n) is 6.68. The summed E-state index contributed by atoms with van der Waals surface area (Å²) in [5.41, 5.74) is 1.36. The molecule has 0 spiro atoms. The van der Waals surface area contributed by atoms with Crippen LogP contribution in [0, 0.1) is 0 Å². The number of benzene rings is 3. The molecule has 0 bridgehead atoms. The SMILES string of the molecule is CC(NC(=O)C(F)(F)F)(c1ccccc1)[N+]1(C(c2ccccc2)c2ccccc2)CCC1. The van der Waals surface area contributed by atoms with Crippen LogP contribution in [-0.4, -0.2) is 29.7 Å². The first-order valence-corrected chi connectivity index (χ1v) is 10.7. The van der Waals surface area contributed by atoms with E-state index in [2.05, 4.69) is 5.32 Å². The van der Waals surface area contributed by atoms with E-state index < -0.39 is 17.7 Å². The molecule has 1 amide bonds. The van der Waals surface area contributed by atoms with E-state index in [4.69, 9.17) is 0 Å². The van der Waals surface area contributed by atoms with Crippen LogP contribution in [0.4, 0.5) is 13.2 Å². The minimum atomic E-state index is -4.97. The maximum absolute atomic E-state index is 13.4. The van der Waals surface area contributed by atoms with Crippen LogP contribution in [0.5, 0.6) is 0 Å². The van der Waals surface area contributed by atoms with Crippen LogP contribution < -0.4 is 5.32 Å². The molecule has 3 nitrogen and oxygen atoms in total. The Labute approximate surface area is 186 Å². The second-order valence-corrected chi connectivity index (χ2v) is 8.45. The first-order chi connectivity index (χ1) is 15.3. The quantitative estimate of drug-likeness (QED) is 0.502. The van der Waals surface area contributed by atoms with Gasteiger partial charge in [0.1, 0.15) is 6.04 Å². The van der Waals surface area contributed by atoms with Gasteiger partial charge in [-0.15, -0.1) is 0 Å². The highest BCUT2D eigenvalue weighted by molar-refractivity contribution is 5.82. The van der Waals surface area contributed by atoms with Gasteiger partial charge in [-0.1, -0.05) is 91.0 Å². The monoisotopic (exact) mass is 439 g/mol. The number of nitrogens with one attached hydrogen (secondary N) is 1. The van der Waals surface area contributed by atoms with Gasteiger partial charge < -0.3 is 0 Å². The maximum Gasteiger partial charge on any atom is 0.471 e. The molecule has 1 atom stereocenters. The van der Waals surface area contributed by atoms with Gasteiger partial charge in [-0.05, 0) is 0 Å². The molecule has 1 heterocycles. The van der Waals surface area contributed by atoms with E-state index in [1.807, 2.05) is 66.7 Å². The van der Waals surface area contributed by atoms with Crippen molar-refractivity contribution in [3.63, 3.8) is 0 Å². The number of halogens is 3. The van der Waals surface area contributed by atoms with Crippen molar-refractivity contribution in [3.05, 3.63) is 108 Å². The molecule has 1 N–H and O–H groups in total. The summed E-state index contributed by atoms with van der Waals surface area (Å²) in [7, 11) is 0. The summed E-state index contributed by atoms with van der Waals surface area (Å²) in [6.45, 7) is 3.00. The fourth-order valence-electron chi connectivity index (χ4n) is 4.99. The Morgan fingerprint density at radius 1 is 0.812 bits per heavy atom. The summed E-state index contributed by atoms with van der Waals surface area (Å²) in [5, 5.41) is 2.42. The average Bonchev–Trinajstić information content (AvgIpc) is 2.77. The summed E-state index contributed by atoms with van der Waals surface area (Å²) in [4.78, 5) is 12.3. The number of likely N-dealkylation sites (tertiary alicyclic amines) is 1. The van der Waals surface area contributed by atoms with E-state index in [0.29, 0.717) is 18.7 Å². The van der Waals surface area contributed by atoms with Gasteiger partial charge >= 0.3 is 12.1 Å². The molecule has 1 aliphatic heterocycles. The van der Waals surface area contributed by atoms with Crippen molar-refractivity contribution >= 4 is 5.91 Å². The van der Waals surface area contributed by atoms with E-state index in [9.17, 15) is 18.0 Å². The predicted octanol–water partition coefficient (Wildman–Crippen LogP) is 5.55. The van der Waals surface area contributed by atoms with Crippen molar-refractivity contribution in [2.75, 3.05) is 13.1 Å². The number of hydrogen-bond donors (Lipinski definition) is 1. The summed E-state index contributed by atoms with van der Waals surface area (Å²) >= 11 is 0. The van der Waals surface area contributed by atoms with Crippen LogP contribution in [-0.2, 0) is 10.5 Å². The Kier molecular flexibility index (Phi) is 5.82. The topological polar surface area (TPSA) is 29.1 Å². The van der Waals surface area contributed by atoms with Gasteiger partial charge in [0.25, 0.3) is 0 Å². The van der Waals surface area contributed by atoms with Crippen LogP contribution >= 0.6 is 0 Å². The maximum atomic E-state index is 13.4. The van der Waals surface area contributed by atoms with Gasteiger partial charge in [-0.2, -0.15) is 13.2 Å². The average molecular weight is 440 g/mol. The van der Waals surface area contributed by atoms with Crippen LogP contribution in [0.3, 0.4) is 0 Å². The lowest BCUT2D eigenvalue weighted by Crippen LogP contribution is -2.75. The molecule has 0 aromatic heterocycles. The first kappa shape index (κ1) is 22.1. The molecule has 4 rings (SSSR count). The number of amides is 1. The van der Waals surface area contributed by atoms with E-state index in [0.717, 1.165) is 17.5 Å². The molecule has 1 unspecified atom stereocenters. The lowest BCUT2D eigenvalue weighted by atomic mass is 9.83. The lowest BCUT2D eigenvalue weighted by Gasteiger charge is -2.60. The minimum absolute atomic E-state index is 0.245. The van der Waals surface area contributed by atoms with Crippen molar-refractivity contribution in [2.24, 2.45) is 0 Å².